The number of nitrogens with zero attached hydrogens (tertiary/aromatic N) is 2. The van der Waals surface area contributed by atoms with E-state index in [2.05, 4.69) is 17.1 Å². The van der Waals surface area contributed by atoms with Crippen LogP contribution in [0.4, 0.5) is 10.1 Å². The van der Waals surface area contributed by atoms with Crippen molar-refractivity contribution >= 4 is 11.6 Å². The molecular formula is C15H22FN3O. The molecule has 5 heteroatoms. The lowest BCUT2D eigenvalue weighted by molar-refractivity contribution is 0.0644. The lowest BCUT2D eigenvalue weighted by atomic mass is 10.1. The second-order valence-electron chi connectivity index (χ2n) is 4.92. The summed E-state index contributed by atoms with van der Waals surface area (Å²) in [7, 11) is 0. The molecule has 1 aliphatic rings. The van der Waals surface area contributed by atoms with Crippen LogP contribution in [-0.2, 0) is 0 Å². The molecule has 4 nitrogen and oxygen atoms in total. The smallest absolute Gasteiger partial charge is 0.256 e. The number of hydrogen-bond acceptors (Lipinski definition) is 3. The van der Waals surface area contributed by atoms with E-state index in [-0.39, 0.29) is 11.7 Å². The van der Waals surface area contributed by atoms with Gasteiger partial charge >= 0.3 is 0 Å². The van der Waals surface area contributed by atoms with Crippen molar-refractivity contribution in [2.24, 2.45) is 0 Å². The first-order valence-corrected chi connectivity index (χ1v) is 7.21. The van der Waals surface area contributed by atoms with Crippen molar-refractivity contribution in [2.45, 2.75) is 13.8 Å². The number of benzene rings is 1. The number of halogens is 1. The molecule has 110 valence electrons. The number of piperazine rings is 1. The van der Waals surface area contributed by atoms with Crippen molar-refractivity contribution < 1.29 is 9.18 Å². The summed E-state index contributed by atoms with van der Waals surface area (Å²) in [5.74, 6) is -0.457. The SMILES string of the molecule is CCNc1c(F)cccc1C(=O)N1CCN(CC)CC1. The number of carbonyl (C=O) groups is 1. The zero-order valence-corrected chi connectivity index (χ0v) is 12.2. The van der Waals surface area contributed by atoms with Gasteiger partial charge in [-0.3, -0.25) is 4.79 Å². The maximum Gasteiger partial charge on any atom is 0.256 e. The number of hydrogen-bond donors (Lipinski definition) is 1. The highest BCUT2D eigenvalue weighted by atomic mass is 19.1. The summed E-state index contributed by atoms with van der Waals surface area (Å²) in [6, 6.07) is 4.66. The predicted molar refractivity (Wildman–Crippen MR) is 78.6 cm³/mol. The highest BCUT2D eigenvalue weighted by Gasteiger charge is 2.24. The lowest BCUT2D eigenvalue weighted by Gasteiger charge is -2.34. The van der Waals surface area contributed by atoms with E-state index >= 15 is 0 Å². The van der Waals surface area contributed by atoms with Gasteiger partial charge in [0.15, 0.2) is 0 Å². The molecule has 1 saturated heterocycles. The largest absolute Gasteiger partial charge is 0.382 e. The molecule has 0 radical (unpaired) electrons. The third-order valence-electron chi connectivity index (χ3n) is 3.70. The van der Waals surface area contributed by atoms with Gasteiger partial charge in [-0.05, 0) is 25.6 Å². The normalized spacial score (nSPS) is 16.2. The molecule has 1 heterocycles. The van der Waals surface area contributed by atoms with Crippen molar-refractivity contribution in [1.29, 1.82) is 0 Å². The van der Waals surface area contributed by atoms with Gasteiger partial charge in [-0.15, -0.1) is 0 Å². The van der Waals surface area contributed by atoms with E-state index in [1.54, 1.807) is 12.1 Å². The molecule has 0 spiro atoms. The molecule has 1 aromatic carbocycles. The fourth-order valence-electron chi connectivity index (χ4n) is 2.50. The van der Waals surface area contributed by atoms with Gasteiger partial charge < -0.3 is 15.1 Å². The second kappa shape index (κ2) is 6.70. The summed E-state index contributed by atoms with van der Waals surface area (Å²) in [5, 5.41) is 2.95. The predicted octanol–water partition coefficient (Wildman–Crippen LogP) is 2.04. The number of rotatable bonds is 4. The topological polar surface area (TPSA) is 35.6 Å². The Kier molecular flexibility index (Phi) is 4.95. The van der Waals surface area contributed by atoms with Gasteiger partial charge in [0, 0.05) is 32.7 Å². The molecule has 20 heavy (non-hydrogen) atoms. The molecule has 0 atom stereocenters. The summed E-state index contributed by atoms with van der Waals surface area (Å²) in [5.41, 5.74) is 0.745. The zero-order valence-electron chi connectivity index (χ0n) is 12.2. The van der Waals surface area contributed by atoms with Gasteiger partial charge in [-0.1, -0.05) is 13.0 Å². The van der Waals surface area contributed by atoms with Crippen LogP contribution in [0.3, 0.4) is 0 Å². The van der Waals surface area contributed by atoms with Crippen molar-refractivity contribution in [2.75, 3.05) is 44.6 Å². The Labute approximate surface area is 119 Å². The number of para-hydroxylation sites is 1. The van der Waals surface area contributed by atoms with Gasteiger partial charge in [0.2, 0.25) is 0 Å². The van der Waals surface area contributed by atoms with Gasteiger partial charge in [0.25, 0.3) is 5.91 Å². The summed E-state index contributed by atoms with van der Waals surface area (Å²) < 4.78 is 13.8. The minimum absolute atomic E-state index is 0.0868. The van der Waals surface area contributed by atoms with Crippen LogP contribution in [0.5, 0.6) is 0 Å². The van der Waals surface area contributed by atoms with Crippen LogP contribution in [-0.4, -0.2) is 55.0 Å². The minimum atomic E-state index is -0.370. The first-order chi connectivity index (χ1) is 9.67. The van der Waals surface area contributed by atoms with Crippen LogP contribution in [0.1, 0.15) is 24.2 Å². The highest BCUT2D eigenvalue weighted by Crippen LogP contribution is 2.22. The van der Waals surface area contributed by atoms with Gasteiger partial charge in [-0.2, -0.15) is 0 Å². The van der Waals surface area contributed by atoms with E-state index in [1.807, 2.05) is 11.8 Å². The van der Waals surface area contributed by atoms with Crippen LogP contribution in [0, 0.1) is 5.82 Å². The summed E-state index contributed by atoms with van der Waals surface area (Å²) in [6.45, 7) is 8.77. The molecule has 0 aromatic heterocycles. The van der Waals surface area contributed by atoms with Crippen LogP contribution in [0.2, 0.25) is 0 Å². The van der Waals surface area contributed by atoms with Crippen LogP contribution in [0.25, 0.3) is 0 Å². The Morgan fingerprint density at radius 3 is 2.55 bits per heavy atom. The molecule has 1 fully saturated rings. The average molecular weight is 279 g/mol. The second-order valence-corrected chi connectivity index (χ2v) is 4.92. The van der Waals surface area contributed by atoms with Crippen LogP contribution < -0.4 is 5.32 Å². The molecule has 0 bridgehead atoms. The number of nitrogens with one attached hydrogen (secondary N) is 1. The van der Waals surface area contributed by atoms with E-state index in [1.165, 1.54) is 6.07 Å². The first-order valence-electron chi connectivity index (χ1n) is 7.21. The Bertz CT molecular complexity index is 470. The number of carbonyl (C=O) groups excluding carboxylic acids is 1. The fraction of sp³-hybridized carbons (Fsp3) is 0.533. The zero-order chi connectivity index (χ0) is 14.5. The van der Waals surface area contributed by atoms with Crippen molar-refractivity contribution in [3.63, 3.8) is 0 Å². The first kappa shape index (κ1) is 14.8. The number of likely N-dealkylation sites (N-methyl/N-ethyl adjacent to an activating group) is 1. The standard InChI is InChI=1S/C15H22FN3O/c1-3-17-14-12(6-5-7-13(14)16)15(20)19-10-8-18(4-2)9-11-19/h5-7,17H,3-4,8-11H2,1-2H3. The van der Waals surface area contributed by atoms with Gasteiger partial charge in [-0.25, -0.2) is 4.39 Å². The number of amides is 1. The summed E-state index contributed by atoms with van der Waals surface area (Å²) in [4.78, 5) is 16.7. The molecule has 0 saturated carbocycles. The Morgan fingerprint density at radius 2 is 1.95 bits per heavy atom. The van der Waals surface area contributed by atoms with Crippen molar-refractivity contribution in [3.8, 4) is 0 Å². The van der Waals surface area contributed by atoms with Gasteiger partial charge in [0.1, 0.15) is 5.82 Å². The van der Waals surface area contributed by atoms with Crippen LogP contribution >= 0.6 is 0 Å². The average Bonchev–Trinajstić information content (AvgIpc) is 2.49. The minimum Gasteiger partial charge on any atom is -0.382 e. The van der Waals surface area contributed by atoms with Crippen molar-refractivity contribution in [3.05, 3.63) is 29.6 Å². The summed E-state index contributed by atoms with van der Waals surface area (Å²) >= 11 is 0. The fourth-order valence-corrected chi connectivity index (χ4v) is 2.50. The molecule has 1 aliphatic heterocycles. The molecule has 1 amide bonds. The van der Waals surface area contributed by atoms with E-state index in [4.69, 9.17) is 0 Å². The van der Waals surface area contributed by atoms with Crippen molar-refractivity contribution in [1.82, 2.24) is 9.80 Å². The molecule has 1 N–H and O–H groups in total. The van der Waals surface area contributed by atoms with E-state index in [0.717, 1.165) is 19.6 Å². The van der Waals surface area contributed by atoms with E-state index < -0.39 is 0 Å². The maximum atomic E-state index is 13.8. The van der Waals surface area contributed by atoms with E-state index in [0.29, 0.717) is 30.9 Å². The quantitative estimate of drug-likeness (QED) is 0.916. The Morgan fingerprint density at radius 1 is 1.25 bits per heavy atom. The van der Waals surface area contributed by atoms with E-state index in [9.17, 15) is 9.18 Å². The third kappa shape index (κ3) is 3.10. The highest BCUT2D eigenvalue weighted by molar-refractivity contribution is 5.99. The van der Waals surface area contributed by atoms with Crippen LogP contribution in [0.15, 0.2) is 18.2 Å². The Hall–Kier alpha value is -1.62. The molecule has 0 unspecified atom stereocenters. The third-order valence-corrected chi connectivity index (χ3v) is 3.70. The Balaban J connectivity index is 2.15. The lowest BCUT2D eigenvalue weighted by Crippen LogP contribution is -2.48. The molecule has 1 aromatic rings. The van der Waals surface area contributed by atoms with Gasteiger partial charge in [0.05, 0.1) is 11.3 Å². The summed E-state index contributed by atoms with van der Waals surface area (Å²) in [6.07, 6.45) is 0. The molecule has 2 rings (SSSR count). The number of anilines is 1. The maximum absolute atomic E-state index is 13.8. The monoisotopic (exact) mass is 279 g/mol. The molecule has 0 aliphatic carbocycles. The molecular weight excluding hydrogens is 257 g/mol.